The molecule has 1 N–H and O–H groups in total. The summed E-state index contributed by atoms with van der Waals surface area (Å²) < 4.78 is 5.63. The lowest BCUT2D eigenvalue weighted by Gasteiger charge is -2.17. The molecule has 108 valence electrons. The van der Waals surface area contributed by atoms with Crippen molar-refractivity contribution in [3.63, 3.8) is 0 Å². The number of benzene rings is 1. The van der Waals surface area contributed by atoms with Gasteiger partial charge in [-0.2, -0.15) is 0 Å². The molecule has 0 aliphatic rings. The maximum absolute atomic E-state index is 5.63. The fourth-order valence-corrected chi connectivity index (χ4v) is 3.07. The van der Waals surface area contributed by atoms with Crippen LogP contribution in [0.4, 0.5) is 0 Å². The monoisotopic (exact) mass is 290 g/mol. The van der Waals surface area contributed by atoms with Gasteiger partial charge in [0.15, 0.2) is 0 Å². The van der Waals surface area contributed by atoms with Gasteiger partial charge in [0.05, 0.1) is 5.69 Å². The largest absolute Gasteiger partial charge is 0.437 e. The predicted octanol–water partition coefficient (Wildman–Crippen LogP) is 4.04. The van der Waals surface area contributed by atoms with Gasteiger partial charge < -0.3 is 9.73 Å². The molecule has 0 spiro atoms. The average Bonchev–Trinajstić information content (AvgIpc) is 2.74. The summed E-state index contributed by atoms with van der Waals surface area (Å²) in [7, 11) is 0. The van der Waals surface area contributed by atoms with Crippen LogP contribution in [0.1, 0.15) is 35.5 Å². The van der Waals surface area contributed by atoms with E-state index in [9.17, 15) is 0 Å². The highest BCUT2D eigenvalue weighted by Crippen LogP contribution is 2.26. The van der Waals surface area contributed by atoms with Crippen molar-refractivity contribution in [1.29, 1.82) is 0 Å². The second-order valence-electron chi connectivity index (χ2n) is 4.96. The standard InChI is InChI=1S/C16H22N2OS/c1-5-17-15(14-8-6-7-11(2)9-14)10-20-16-18-12(3)13(4)19-16/h6-9,15,17H,5,10H2,1-4H3. The summed E-state index contributed by atoms with van der Waals surface area (Å²) in [6, 6.07) is 8.96. The summed E-state index contributed by atoms with van der Waals surface area (Å²) in [5.41, 5.74) is 3.58. The number of oxazole rings is 1. The number of rotatable bonds is 6. The fraction of sp³-hybridized carbons (Fsp3) is 0.438. The van der Waals surface area contributed by atoms with E-state index in [4.69, 9.17) is 4.42 Å². The molecule has 4 heteroatoms. The van der Waals surface area contributed by atoms with Gasteiger partial charge >= 0.3 is 0 Å². The van der Waals surface area contributed by atoms with Crippen molar-refractivity contribution < 1.29 is 4.42 Å². The highest BCUT2D eigenvalue weighted by molar-refractivity contribution is 7.99. The maximum Gasteiger partial charge on any atom is 0.256 e. The third-order valence-corrected chi connectivity index (χ3v) is 4.20. The Morgan fingerprint density at radius 1 is 1.30 bits per heavy atom. The molecule has 2 rings (SSSR count). The minimum atomic E-state index is 0.317. The summed E-state index contributed by atoms with van der Waals surface area (Å²) in [5.74, 6) is 1.82. The molecule has 0 radical (unpaired) electrons. The zero-order chi connectivity index (χ0) is 14.5. The molecule has 2 aromatic rings. The van der Waals surface area contributed by atoms with E-state index in [0.717, 1.165) is 29.0 Å². The molecule has 3 nitrogen and oxygen atoms in total. The van der Waals surface area contributed by atoms with E-state index in [1.165, 1.54) is 11.1 Å². The van der Waals surface area contributed by atoms with E-state index in [-0.39, 0.29) is 0 Å². The molecule has 0 bridgehead atoms. The zero-order valence-corrected chi connectivity index (χ0v) is 13.4. The normalized spacial score (nSPS) is 12.6. The Kier molecular flexibility index (Phi) is 5.26. The first kappa shape index (κ1) is 15.1. The van der Waals surface area contributed by atoms with Gasteiger partial charge in [-0.1, -0.05) is 48.5 Å². The lowest BCUT2D eigenvalue weighted by atomic mass is 10.1. The van der Waals surface area contributed by atoms with Gasteiger partial charge in [0.2, 0.25) is 0 Å². The molecule has 0 saturated heterocycles. The van der Waals surface area contributed by atoms with Crippen molar-refractivity contribution >= 4 is 11.8 Å². The van der Waals surface area contributed by atoms with Gasteiger partial charge in [-0.25, -0.2) is 4.98 Å². The molecular weight excluding hydrogens is 268 g/mol. The van der Waals surface area contributed by atoms with Crippen molar-refractivity contribution in [2.45, 2.75) is 39.0 Å². The van der Waals surface area contributed by atoms with Gasteiger partial charge in [0, 0.05) is 11.8 Å². The highest BCUT2D eigenvalue weighted by atomic mass is 32.2. The molecule has 1 aromatic heterocycles. The Hall–Kier alpha value is -1.26. The van der Waals surface area contributed by atoms with Gasteiger partial charge in [0.25, 0.3) is 5.22 Å². The summed E-state index contributed by atoms with van der Waals surface area (Å²) in [6.45, 7) is 9.14. The Balaban J connectivity index is 2.06. The molecule has 1 heterocycles. The van der Waals surface area contributed by atoms with E-state index in [2.05, 4.69) is 48.4 Å². The fourth-order valence-electron chi connectivity index (χ4n) is 2.07. The quantitative estimate of drug-likeness (QED) is 0.815. The van der Waals surface area contributed by atoms with Crippen molar-refractivity contribution in [3.8, 4) is 0 Å². The van der Waals surface area contributed by atoms with Crippen LogP contribution < -0.4 is 5.32 Å². The number of thioether (sulfide) groups is 1. The highest BCUT2D eigenvalue weighted by Gasteiger charge is 2.13. The van der Waals surface area contributed by atoms with Crippen LogP contribution in [0.2, 0.25) is 0 Å². The van der Waals surface area contributed by atoms with Gasteiger partial charge in [-0.3, -0.25) is 0 Å². The number of hydrogen-bond acceptors (Lipinski definition) is 4. The van der Waals surface area contributed by atoms with Crippen LogP contribution in [0.25, 0.3) is 0 Å². The summed E-state index contributed by atoms with van der Waals surface area (Å²) >= 11 is 1.66. The molecule has 0 saturated carbocycles. The Labute approximate surface area is 125 Å². The molecule has 1 unspecified atom stereocenters. The van der Waals surface area contributed by atoms with E-state index in [0.29, 0.717) is 6.04 Å². The molecule has 0 amide bonds. The summed E-state index contributed by atoms with van der Waals surface area (Å²) in [5, 5.41) is 4.29. The van der Waals surface area contributed by atoms with Gasteiger partial charge in [-0.05, 0) is 32.9 Å². The molecule has 20 heavy (non-hydrogen) atoms. The van der Waals surface area contributed by atoms with E-state index < -0.39 is 0 Å². The van der Waals surface area contributed by atoms with Crippen LogP contribution in [0, 0.1) is 20.8 Å². The molecule has 0 aliphatic carbocycles. The Bertz CT molecular complexity index is 546. The second-order valence-corrected chi connectivity index (χ2v) is 5.93. The number of hydrogen-bond donors (Lipinski definition) is 1. The van der Waals surface area contributed by atoms with Gasteiger partial charge in [-0.15, -0.1) is 0 Å². The van der Waals surface area contributed by atoms with Crippen molar-refractivity contribution in [2.75, 3.05) is 12.3 Å². The lowest BCUT2D eigenvalue weighted by Crippen LogP contribution is -2.23. The summed E-state index contributed by atoms with van der Waals surface area (Å²) in [6.07, 6.45) is 0. The minimum Gasteiger partial charge on any atom is -0.437 e. The van der Waals surface area contributed by atoms with E-state index >= 15 is 0 Å². The van der Waals surface area contributed by atoms with Crippen LogP contribution in [0.5, 0.6) is 0 Å². The molecule has 1 atom stereocenters. The first-order valence-corrected chi connectivity index (χ1v) is 7.95. The van der Waals surface area contributed by atoms with Crippen LogP contribution in [-0.2, 0) is 0 Å². The molecule has 0 fully saturated rings. The minimum absolute atomic E-state index is 0.317. The van der Waals surface area contributed by atoms with Crippen molar-refractivity contribution in [2.24, 2.45) is 0 Å². The van der Waals surface area contributed by atoms with Crippen LogP contribution in [0.15, 0.2) is 33.9 Å². The molecule has 1 aromatic carbocycles. The third kappa shape index (κ3) is 3.87. The Morgan fingerprint density at radius 3 is 2.70 bits per heavy atom. The van der Waals surface area contributed by atoms with E-state index in [1.54, 1.807) is 11.8 Å². The summed E-state index contributed by atoms with van der Waals surface area (Å²) in [4.78, 5) is 4.42. The maximum atomic E-state index is 5.63. The Morgan fingerprint density at radius 2 is 2.10 bits per heavy atom. The van der Waals surface area contributed by atoms with E-state index in [1.807, 2.05) is 13.8 Å². The first-order valence-electron chi connectivity index (χ1n) is 6.97. The van der Waals surface area contributed by atoms with Crippen molar-refractivity contribution in [3.05, 3.63) is 46.8 Å². The predicted molar refractivity (Wildman–Crippen MR) is 84.3 cm³/mol. The van der Waals surface area contributed by atoms with Crippen LogP contribution in [-0.4, -0.2) is 17.3 Å². The van der Waals surface area contributed by atoms with Crippen LogP contribution >= 0.6 is 11.8 Å². The lowest BCUT2D eigenvalue weighted by molar-refractivity contribution is 0.430. The van der Waals surface area contributed by atoms with Gasteiger partial charge in [0.1, 0.15) is 5.76 Å². The smallest absolute Gasteiger partial charge is 0.256 e. The number of nitrogens with one attached hydrogen (secondary N) is 1. The first-order chi connectivity index (χ1) is 9.60. The number of nitrogens with zero attached hydrogens (tertiary/aromatic N) is 1. The SMILES string of the molecule is CCNC(CSc1nc(C)c(C)o1)c1cccc(C)c1. The molecule has 0 aliphatic heterocycles. The average molecular weight is 290 g/mol. The second kappa shape index (κ2) is 6.95. The zero-order valence-electron chi connectivity index (χ0n) is 12.6. The third-order valence-electron chi connectivity index (χ3n) is 3.28. The molecular formula is C16H22N2OS. The topological polar surface area (TPSA) is 38.1 Å². The number of aromatic nitrogens is 1. The number of aryl methyl sites for hydroxylation is 3. The van der Waals surface area contributed by atoms with Crippen LogP contribution in [0.3, 0.4) is 0 Å². The van der Waals surface area contributed by atoms with Crippen molar-refractivity contribution in [1.82, 2.24) is 10.3 Å².